The van der Waals surface area contributed by atoms with Gasteiger partial charge in [-0.2, -0.15) is 9.40 Å². The average Bonchev–Trinajstić information content (AvgIpc) is 2.98. The SMILES string of the molecule is COCC1CCN(S(=O)(=O)c2cnn(CC(=O)O)c2)C1. The third kappa shape index (κ3) is 3.17. The highest BCUT2D eigenvalue weighted by molar-refractivity contribution is 7.89. The predicted molar refractivity (Wildman–Crippen MR) is 68.6 cm³/mol. The largest absolute Gasteiger partial charge is 0.480 e. The minimum Gasteiger partial charge on any atom is -0.480 e. The summed E-state index contributed by atoms with van der Waals surface area (Å²) in [5, 5.41) is 12.4. The third-order valence-electron chi connectivity index (χ3n) is 3.20. The molecule has 1 unspecified atom stereocenters. The number of sulfonamides is 1. The average molecular weight is 303 g/mol. The summed E-state index contributed by atoms with van der Waals surface area (Å²) in [7, 11) is -2.01. The molecule has 1 fully saturated rings. The monoisotopic (exact) mass is 303 g/mol. The predicted octanol–water partition coefficient (Wildman–Crippen LogP) is -0.375. The molecule has 0 amide bonds. The maximum Gasteiger partial charge on any atom is 0.325 e. The van der Waals surface area contributed by atoms with Gasteiger partial charge in [0.05, 0.1) is 12.8 Å². The first-order chi connectivity index (χ1) is 9.43. The van der Waals surface area contributed by atoms with Crippen LogP contribution in [0.2, 0.25) is 0 Å². The van der Waals surface area contributed by atoms with Crippen molar-refractivity contribution in [3.63, 3.8) is 0 Å². The second-order valence-corrected chi connectivity index (χ2v) is 6.68. The van der Waals surface area contributed by atoms with E-state index in [2.05, 4.69) is 5.10 Å². The summed E-state index contributed by atoms with van der Waals surface area (Å²) in [6.45, 7) is 1.03. The zero-order valence-electron chi connectivity index (χ0n) is 11.1. The fourth-order valence-electron chi connectivity index (χ4n) is 2.24. The van der Waals surface area contributed by atoms with Gasteiger partial charge in [0.25, 0.3) is 0 Å². The van der Waals surface area contributed by atoms with Crippen LogP contribution in [0.3, 0.4) is 0 Å². The molecule has 1 aromatic heterocycles. The number of hydrogen-bond donors (Lipinski definition) is 1. The summed E-state index contributed by atoms with van der Waals surface area (Å²) >= 11 is 0. The molecule has 0 bridgehead atoms. The van der Waals surface area contributed by atoms with Crippen molar-refractivity contribution in [2.75, 3.05) is 26.8 Å². The van der Waals surface area contributed by atoms with Gasteiger partial charge in [-0.25, -0.2) is 8.42 Å². The van der Waals surface area contributed by atoms with Gasteiger partial charge in [-0.05, 0) is 12.3 Å². The van der Waals surface area contributed by atoms with E-state index in [1.54, 1.807) is 7.11 Å². The van der Waals surface area contributed by atoms with Crippen molar-refractivity contribution in [2.24, 2.45) is 5.92 Å². The second kappa shape index (κ2) is 5.90. The number of carboxylic acid groups (broad SMARTS) is 1. The first-order valence-electron chi connectivity index (χ1n) is 6.17. The van der Waals surface area contributed by atoms with Crippen molar-refractivity contribution in [1.82, 2.24) is 14.1 Å². The molecular weight excluding hydrogens is 286 g/mol. The van der Waals surface area contributed by atoms with Crippen molar-refractivity contribution in [2.45, 2.75) is 17.9 Å². The number of carboxylic acids is 1. The first-order valence-corrected chi connectivity index (χ1v) is 7.61. The smallest absolute Gasteiger partial charge is 0.325 e. The highest BCUT2D eigenvalue weighted by atomic mass is 32.2. The lowest BCUT2D eigenvalue weighted by Gasteiger charge is -2.15. The van der Waals surface area contributed by atoms with Crippen LogP contribution >= 0.6 is 0 Å². The molecule has 2 heterocycles. The number of aliphatic carboxylic acids is 1. The van der Waals surface area contributed by atoms with Crippen LogP contribution in [0.25, 0.3) is 0 Å². The fourth-order valence-corrected chi connectivity index (χ4v) is 3.73. The Bertz CT molecular complexity index is 583. The van der Waals surface area contributed by atoms with Gasteiger partial charge in [0.2, 0.25) is 10.0 Å². The van der Waals surface area contributed by atoms with Gasteiger partial charge >= 0.3 is 5.97 Å². The molecule has 0 aromatic carbocycles. The van der Waals surface area contributed by atoms with E-state index in [-0.39, 0.29) is 17.4 Å². The molecule has 0 saturated carbocycles. The summed E-state index contributed by atoms with van der Waals surface area (Å²) in [5.74, 6) is -0.873. The molecule has 20 heavy (non-hydrogen) atoms. The van der Waals surface area contributed by atoms with Gasteiger partial charge < -0.3 is 9.84 Å². The Morgan fingerprint density at radius 2 is 2.35 bits per heavy atom. The fraction of sp³-hybridized carbons (Fsp3) is 0.636. The molecule has 112 valence electrons. The highest BCUT2D eigenvalue weighted by Gasteiger charge is 2.33. The molecule has 1 aliphatic rings. The maximum atomic E-state index is 12.4. The Balaban J connectivity index is 2.11. The van der Waals surface area contributed by atoms with E-state index in [4.69, 9.17) is 9.84 Å². The number of nitrogens with zero attached hydrogens (tertiary/aromatic N) is 3. The minimum absolute atomic E-state index is 0.0248. The zero-order valence-corrected chi connectivity index (χ0v) is 11.9. The molecule has 0 radical (unpaired) electrons. The Kier molecular flexibility index (Phi) is 4.41. The third-order valence-corrected chi connectivity index (χ3v) is 5.01. The van der Waals surface area contributed by atoms with Crippen molar-refractivity contribution in [1.29, 1.82) is 0 Å². The van der Waals surface area contributed by atoms with E-state index >= 15 is 0 Å². The lowest BCUT2D eigenvalue weighted by atomic mass is 10.1. The molecule has 0 spiro atoms. The Morgan fingerprint density at radius 3 is 3.00 bits per heavy atom. The topological polar surface area (TPSA) is 102 Å². The van der Waals surface area contributed by atoms with Crippen molar-refractivity contribution >= 4 is 16.0 Å². The van der Waals surface area contributed by atoms with E-state index in [0.717, 1.165) is 11.1 Å². The van der Waals surface area contributed by atoms with Crippen molar-refractivity contribution in [3.05, 3.63) is 12.4 Å². The van der Waals surface area contributed by atoms with E-state index in [9.17, 15) is 13.2 Å². The lowest BCUT2D eigenvalue weighted by molar-refractivity contribution is -0.137. The lowest BCUT2D eigenvalue weighted by Crippen LogP contribution is -2.29. The summed E-state index contributed by atoms with van der Waals surface area (Å²) in [6, 6.07) is 0. The summed E-state index contributed by atoms with van der Waals surface area (Å²) in [6.07, 6.45) is 3.19. The van der Waals surface area contributed by atoms with Crippen molar-refractivity contribution in [3.8, 4) is 0 Å². The minimum atomic E-state index is -3.60. The van der Waals surface area contributed by atoms with Gasteiger partial charge in [-0.3, -0.25) is 9.48 Å². The second-order valence-electron chi connectivity index (χ2n) is 4.74. The number of methoxy groups -OCH3 is 1. The highest BCUT2D eigenvalue weighted by Crippen LogP contribution is 2.24. The van der Waals surface area contributed by atoms with Gasteiger partial charge in [-0.1, -0.05) is 0 Å². The molecule has 0 aliphatic carbocycles. The summed E-state index contributed by atoms with van der Waals surface area (Å²) < 4.78 is 32.3. The van der Waals surface area contributed by atoms with Crippen LogP contribution in [-0.2, 0) is 26.1 Å². The van der Waals surface area contributed by atoms with Crippen LogP contribution in [0.15, 0.2) is 17.3 Å². The standard InChI is InChI=1S/C11H17N3O5S/c1-19-8-9-2-3-14(5-9)20(17,18)10-4-12-13(6-10)7-11(15)16/h4,6,9H,2-3,5,7-8H2,1H3,(H,15,16). The number of aromatic nitrogens is 2. The zero-order chi connectivity index (χ0) is 14.8. The van der Waals surface area contributed by atoms with Crippen LogP contribution < -0.4 is 0 Å². The van der Waals surface area contributed by atoms with Gasteiger partial charge in [-0.15, -0.1) is 0 Å². The quantitative estimate of drug-likeness (QED) is 0.769. The van der Waals surface area contributed by atoms with Crippen LogP contribution in [0.5, 0.6) is 0 Å². The van der Waals surface area contributed by atoms with Gasteiger partial charge in [0, 0.05) is 26.4 Å². The molecule has 8 nitrogen and oxygen atoms in total. The summed E-state index contributed by atoms with van der Waals surface area (Å²) in [4.78, 5) is 10.6. The van der Waals surface area contributed by atoms with E-state index < -0.39 is 16.0 Å². The Labute approximate surface area is 117 Å². The van der Waals surface area contributed by atoms with Crippen molar-refractivity contribution < 1.29 is 23.1 Å². The van der Waals surface area contributed by atoms with E-state index in [0.29, 0.717) is 19.7 Å². The molecular formula is C11H17N3O5S. The molecule has 1 atom stereocenters. The van der Waals surface area contributed by atoms with E-state index in [1.165, 1.54) is 16.7 Å². The number of ether oxygens (including phenoxy) is 1. The number of carbonyl (C=O) groups is 1. The van der Waals surface area contributed by atoms with Crippen LogP contribution in [0, 0.1) is 5.92 Å². The molecule has 9 heteroatoms. The first kappa shape index (κ1) is 14.9. The van der Waals surface area contributed by atoms with Crippen LogP contribution in [0.4, 0.5) is 0 Å². The van der Waals surface area contributed by atoms with Gasteiger partial charge in [0.1, 0.15) is 11.4 Å². The van der Waals surface area contributed by atoms with Crippen LogP contribution in [-0.4, -0.2) is 60.4 Å². The number of hydrogen-bond acceptors (Lipinski definition) is 5. The normalized spacial score (nSPS) is 20.4. The molecule has 1 N–H and O–H groups in total. The Hall–Kier alpha value is -1.45. The number of rotatable bonds is 6. The molecule has 1 saturated heterocycles. The molecule has 1 aliphatic heterocycles. The molecule has 1 aromatic rings. The molecule has 2 rings (SSSR count). The van der Waals surface area contributed by atoms with Gasteiger partial charge in [0.15, 0.2) is 0 Å². The summed E-state index contributed by atoms with van der Waals surface area (Å²) in [5.41, 5.74) is 0. The maximum absolute atomic E-state index is 12.4. The Morgan fingerprint density at radius 1 is 1.60 bits per heavy atom. The van der Waals surface area contributed by atoms with E-state index in [1.807, 2.05) is 0 Å². The van der Waals surface area contributed by atoms with Crippen LogP contribution in [0.1, 0.15) is 6.42 Å².